The minimum absolute atomic E-state index is 0.288. The van der Waals surface area contributed by atoms with Crippen LogP contribution in [0.2, 0.25) is 0 Å². The Morgan fingerprint density at radius 1 is 1.62 bits per heavy atom. The molecule has 0 aromatic carbocycles. The van der Waals surface area contributed by atoms with Crippen LogP contribution in [0.1, 0.15) is 42.2 Å². The summed E-state index contributed by atoms with van der Waals surface area (Å²) in [6, 6.07) is 2.47. The fourth-order valence-corrected chi connectivity index (χ4v) is 2.77. The molecule has 0 saturated heterocycles. The highest BCUT2D eigenvalue weighted by Gasteiger charge is 2.21. The normalized spacial score (nSPS) is 19.8. The molecule has 1 aliphatic carbocycles. The van der Waals surface area contributed by atoms with Crippen molar-refractivity contribution in [3.63, 3.8) is 0 Å². The lowest BCUT2D eigenvalue weighted by Crippen LogP contribution is -2.20. The van der Waals surface area contributed by atoms with Crippen LogP contribution in [-0.4, -0.2) is 0 Å². The van der Waals surface area contributed by atoms with Crippen LogP contribution in [-0.2, 0) is 0 Å². The second-order valence-electron chi connectivity index (χ2n) is 4.07. The van der Waals surface area contributed by atoms with Crippen molar-refractivity contribution in [2.75, 3.05) is 0 Å². The second-order valence-corrected chi connectivity index (χ2v) is 5.19. The van der Waals surface area contributed by atoms with Gasteiger partial charge in [0.1, 0.15) is 0 Å². The van der Waals surface area contributed by atoms with E-state index in [4.69, 9.17) is 5.73 Å². The van der Waals surface area contributed by atoms with Crippen LogP contribution >= 0.6 is 11.3 Å². The zero-order valence-corrected chi connectivity index (χ0v) is 8.94. The van der Waals surface area contributed by atoms with Crippen LogP contribution in [0.4, 0.5) is 0 Å². The summed E-state index contributed by atoms with van der Waals surface area (Å²) in [6.07, 6.45) is 5.41. The zero-order valence-electron chi connectivity index (χ0n) is 8.12. The van der Waals surface area contributed by atoms with E-state index >= 15 is 0 Å². The molecule has 1 nitrogen and oxygen atoms in total. The lowest BCUT2D eigenvalue weighted by molar-refractivity contribution is 0.277. The van der Waals surface area contributed by atoms with E-state index in [9.17, 15) is 0 Å². The van der Waals surface area contributed by atoms with Crippen molar-refractivity contribution in [3.05, 3.63) is 21.9 Å². The minimum atomic E-state index is 0.288. The lowest BCUT2D eigenvalue weighted by atomic mass is 9.80. The summed E-state index contributed by atoms with van der Waals surface area (Å²) in [7, 11) is 0. The van der Waals surface area contributed by atoms with E-state index in [1.807, 2.05) is 0 Å². The van der Waals surface area contributed by atoms with Crippen LogP contribution in [0.25, 0.3) is 0 Å². The Bertz CT molecular complexity index is 275. The Kier molecular flexibility index (Phi) is 2.70. The van der Waals surface area contributed by atoms with Gasteiger partial charge in [-0.3, -0.25) is 0 Å². The van der Waals surface area contributed by atoms with Gasteiger partial charge in [0, 0.05) is 10.9 Å². The van der Waals surface area contributed by atoms with Gasteiger partial charge in [-0.15, -0.1) is 11.3 Å². The fraction of sp³-hybridized carbons (Fsp3) is 0.636. The average molecular weight is 195 g/mol. The second kappa shape index (κ2) is 3.81. The van der Waals surface area contributed by atoms with Gasteiger partial charge in [-0.05, 0) is 36.3 Å². The van der Waals surface area contributed by atoms with Crippen molar-refractivity contribution >= 4 is 11.3 Å². The Balaban J connectivity index is 1.96. The lowest BCUT2D eigenvalue weighted by Gasteiger charge is -2.28. The molecule has 2 rings (SSSR count). The number of aryl methyl sites for hydroxylation is 1. The highest BCUT2D eigenvalue weighted by Crippen LogP contribution is 2.35. The first-order valence-corrected chi connectivity index (χ1v) is 5.95. The molecule has 1 aliphatic rings. The molecule has 0 spiro atoms. The van der Waals surface area contributed by atoms with Gasteiger partial charge in [-0.25, -0.2) is 0 Å². The summed E-state index contributed by atoms with van der Waals surface area (Å²) >= 11 is 1.81. The molecule has 1 heterocycles. The summed E-state index contributed by atoms with van der Waals surface area (Å²) < 4.78 is 0. The van der Waals surface area contributed by atoms with E-state index in [0.29, 0.717) is 0 Å². The fourth-order valence-electron chi connectivity index (χ4n) is 1.99. The van der Waals surface area contributed by atoms with Crippen LogP contribution < -0.4 is 5.73 Å². The van der Waals surface area contributed by atoms with Gasteiger partial charge in [0.15, 0.2) is 0 Å². The largest absolute Gasteiger partial charge is 0.324 e. The van der Waals surface area contributed by atoms with Crippen LogP contribution in [0.3, 0.4) is 0 Å². The molecule has 2 heteroatoms. The van der Waals surface area contributed by atoms with E-state index in [-0.39, 0.29) is 6.04 Å². The van der Waals surface area contributed by atoms with E-state index in [0.717, 1.165) is 5.92 Å². The third-order valence-corrected chi connectivity index (χ3v) is 3.97. The molecule has 0 bridgehead atoms. The Morgan fingerprint density at radius 3 is 2.85 bits per heavy atom. The molecule has 13 heavy (non-hydrogen) atoms. The molecule has 0 aliphatic heterocycles. The molecule has 1 atom stereocenters. The highest BCUT2D eigenvalue weighted by molar-refractivity contribution is 7.10. The molecule has 1 unspecified atom stereocenters. The maximum absolute atomic E-state index is 6.16. The summed E-state index contributed by atoms with van der Waals surface area (Å²) in [5, 5.41) is 2.14. The third kappa shape index (κ3) is 1.94. The smallest absolute Gasteiger partial charge is 0.0308 e. The highest BCUT2D eigenvalue weighted by atomic mass is 32.1. The predicted octanol–water partition coefficient (Wildman–Crippen LogP) is 3.25. The molecule has 2 N–H and O–H groups in total. The van der Waals surface area contributed by atoms with Gasteiger partial charge in [-0.2, -0.15) is 0 Å². The van der Waals surface area contributed by atoms with Gasteiger partial charge < -0.3 is 5.73 Å². The van der Waals surface area contributed by atoms with E-state index in [2.05, 4.69) is 18.4 Å². The third-order valence-electron chi connectivity index (χ3n) is 3.11. The first-order valence-electron chi connectivity index (χ1n) is 5.07. The molecule has 1 aromatic rings. The van der Waals surface area contributed by atoms with Gasteiger partial charge in [0.25, 0.3) is 0 Å². The molecular weight excluding hydrogens is 178 g/mol. The summed E-state index contributed by atoms with van der Waals surface area (Å²) in [6.45, 7) is 2.17. The number of rotatable bonds is 3. The number of nitrogens with two attached hydrogens (primary N) is 1. The molecular formula is C11H17NS. The maximum Gasteiger partial charge on any atom is 0.0308 e. The zero-order chi connectivity index (χ0) is 9.26. The quantitative estimate of drug-likeness (QED) is 0.787. The number of hydrogen-bond acceptors (Lipinski definition) is 2. The molecule has 1 saturated carbocycles. The molecule has 0 amide bonds. The Morgan fingerprint density at radius 2 is 2.38 bits per heavy atom. The monoisotopic (exact) mass is 195 g/mol. The van der Waals surface area contributed by atoms with Crippen molar-refractivity contribution < 1.29 is 0 Å². The van der Waals surface area contributed by atoms with Gasteiger partial charge >= 0.3 is 0 Å². The van der Waals surface area contributed by atoms with Crippen molar-refractivity contribution in [1.29, 1.82) is 0 Å². The maximum atomic E-state index is 6.16. The number of hydrogen-bond donors (Lipinski definition) is 1. The van der Waals surface area contributed by atoms with Crippen LogP contribution in [0.5, 0.6) is 0 Å². The van der Waals surface area contributed by atoms with E-state index in [1.54, 1.807) is 11.3 Å². The van der Waals surface area contributed by atoms with E-state index in [1.165, 1.54) is 36.1 Å². The van der Waals surface area contributed by atoms with Crippen molar-refractivity contribution in [1.82, 2.24) is 0 Å². The Labute approximate surface area is 84.0 Å². The summed E-state index contributed by atoms with van der Waals surface area (Å²) in [4.78, 5) is 1.40. The average Bonchev–Trinajstić information content (AvgIpc) is 2.43. The predicted molar refractivity (Wildman–Crippen MR) is 57.9 cm³/mol. The standard InChI is InChI=1S/C11H17NS/c1-8-10(5-6-13-8)11(12)7-9-3-2-4-9/h5-6,9,11H,2-4,7,12H2,1H3. The Hall–Kier alpha value is -0.340. The van der Waals surface area contributed by atoms with Gasteiger partial charge in [0.05, 0.1) is 0 Å². The summed E-state index contributed by atoms with van der Waals surface area (Å²) in [5.41, 5.74) is 7.53. The van der Waals surface area contributed by atoms with Gasteiger partial charge in [-0.1, -0.05) is 19.3 Å². The van der Waals surface area contributed by atoms with Crippen LogP contribution in [0, 0.1) is 12.8 Å². The molecule has 1 aromatic heterocycles. The van der Waals surface area contributed by atoms with Crippen molar-refractivity contribution in [3.8, 4) is 0 Å². The van der Waals surface area contributed by atoms with Crippen LogP contribution in [0.15, 0.2) is 11.4 Å². The summed E-state index contributed by atoms with van der Waals surface area (Å²) in [5.74, 6) is 0.911. The molecule has 1 fully saturated rings. The minimum Gasteiger partial charge on any atom is -0.324 e. The van der Waals surface area contributed by atoms with E-state index < -0.39 is 0 Å². The first kappa shape index (κ1) is 9.22. The topological polar surface area (TPSA) is 26.0 Å². The van der Waals surface area contributed by atoms with Crippen molar-refractivity contribution in [2.45, 2.75) is 38.6 Å². The van der Waals surface area contributed by atoms with Gasteiger partial charge in [0.2, 0.25) is 0 Å². The first-order chi connectivity index (χ1) is 6.27. The molecule has 0 radical (unpaired) electrons. The molecule has 72 valence electrons. The SMILES string of the molecule is Cc1sccc1C(N)CC1CCC1. The number of thiophene rings is 1. The van der Waals surface area contributed by atoms with Crippen molar-refractivity contribution in [2.24, 2.45) is 11.7 Å².